The second-order valence-corrected chi connectivity index (χ2v) is 10.3. The number of aromatic hydroxyl groups is 8. The number of fused-ring (bicyclic) bond motifs is 2. The fraction of sp³-hybridized carbons (Fsp3) is 0.200. The highest BCUT2D eigenvalue weighted by atomic mass is 16.5. The molecule has 0 unspecified atom stereocenters. The van der Waals surface area contributed by atoms with Crippen molar-refractivity contribution in [1.29, 1.82) is 0 Å². The summed E-state index contributed by atoms with van der Waals surface area (Å²) in [7, 11) is 0. The van der Waals surface area contributed by atoms with Crippen molar-refractivity contribution in [3.8, 4) is 57.5 Å². The predicted molar refractivity (Wildman–Crippen MR) is 143 cm³/mol. The maximum Gasteiger partial charge on any atom is 0.157 e. The fourth-order valence-electron chi connectivity index (χ4n) is 5.70. The van der Waals surface area contributed by atoms with Gasteiger partial charge in [-0.1, -0.05) is 12.1 Å². The van der Waals surface area contributed by atoms with Crippen LogP contribution in [0.2, 0.25) is 0 Å². The van der Waals surface area contributed by atoms with Crippen LogP contribution in [-0.4, -0.2) is 63.3 Å². The summed E-state index contributed by atoms with van der Waals surface area (Å²) in [5, 5.41) is 105. The van der Waals surface area contributed by atoms with E-state index >= 15 is 0 Å². The third kappa shape index (κ3) is 4.24. The summed E-state index contributed by atoms with van der Waals surface area (Å²) in [6.07, 6.45) is -5.31. The summed E-state index contributed by atoms with van der Waals surface area (Å²) in [6.45, 7) is 0. The van der Waals surface area contributed by atoms with Crippen LogP contribution in [0.1, 0.15) is 45.9 Å². The Kier molecular flexibility index (Phi) is 6.24. The first kappa shape index (κ1) is 27.0. The molecule has 0 bridgehead atoms. The summed E-state index contributed by atoms with van der Waals surface area (Å²) >= 11 is 0. The van der Waals surface area contributed by atoms with Gasteiger partial charge in [-0.2, -0.15) is 0 Å². The molecule has 6 rings (SSSR count). The van der Waals surface area contributed by atoms with Crippen molar-refractivity contribution in [2.24, 2.45) is 0 Å². The lowest BCUT2D eigenvalue weighted by Crippen LogP contribution is -2.35. The van der Waals surface area contributed by atoms with E-state index < -0.39 is 64.8 Å². The number of hydrogen-bond acceptors (Lipinski definition) is 12. The fourth-order valence-corrected chi connectivity index (χ4v) is 5.70. The largest absolute Gasteiger partial charge is 0.508 e. The average molecular weight is 579 g/mol. The van der Waals surface area contributed by atoms with Crippen LogP contribution in [0.4, 0.5) is 0 Å². The molecule has 0 aliphatic carbocycles. The summed E-state index contributed by atoms with van der Waals surface area (Å²) in [6, 6.07) is 11.0. The number of aliphatic hydroxyl groups is 2. The van der Waals surface area contributed by atoms with Gasteiger partial charge in [0.2, 0.25) is 0 Å². The Hall–Kier alpha value is -5.20. The molecule has 0 fully saturated rings. The average Bonchev–Trinajstić information content (AvgIpc) is 2.93. The number of hydrogen-bond donors (Lipinski definition) is 10. The van der Waals surface area contributed by atoms with Crippen molar-refractivity contribution in [2.75, 3.05) is 0 Å². The van der Waals surface area contributed by atoms with Gasteiger partial charge in [0, 0.05) is 41.3 Å². The monoisotopic (exact) mass is 578 g/mol. The molecule has 0 radical (unpaired) electrons. The molecule has 0 spiro atoms. The van der Waals surface area contributed by atoms with Crippen molar-refractivity contribution in [3.63, 3.8) is 0 Å². The van der Waals surface area contributed by atoms with E-state index in [4.69, 9.17) is 9.47 Å². The number of benzene rings is 4. The minimum Gasteiger partial charge on any atom is -0.508 e. The molecule has 42 heavy (non-hydrogen) atoms. The van der Waals surface area contributed by atoms with Crippen LogP contribution >= 0.6 is 0 Å². The molecule has 12 heteroatoms. The van der Waals surface area contributed by atoms with E-state index in [1.165, 1.54) is 42.5 Å². The van der Waals surface area contributed by atoms with Gasteiger partial charge in [-0.3, -0.25) is 0 Å². The van der Waals surface area contributed by atoms with E-state index in [0.29, 0.717) is 5.56 Å². The minimum absolute atomic E-state index is 0.00771. The molecule has 10 N–H and O–H groups in total. The first-order valence-electron chi connectivity index (χ1n) is 12.8. The SMILES string of the molecule is Oc1cc(O)c2c(c1)O[C@H](c1ccc(O)c(O)c1)[C@H](O)[C@H]2c1c(O)cc2c(c1O)C[C@@H](O)[C@@H](c1ccc(O)c(O)c1)O2. The van der Waals surface area contributed by atoms with Crippen LogP contribution in [0.3, 0.4) is 0 Å². The van der Waals surface area contributed by atoms with Gasteiger partial charge >= 0.3 is 0 Å². The van der Waals surface area contributed by atoms with Gasteiger partial charge in [-0.05, 0) is 35.4 Å². The Morgan fingerprint density at radius 1 is 0.548 bits per heavy atom. The number of phenolic OH excluding ortho intramolecular Hbond substituents is 8. The minimum atomic E-state index is -1.60. The van der Waals surface area contributed by atoms with Crippen molar-refractivity contribution >= 4 is 0 Å². The number of aliphatic hydroxyl groups excluding tert-OH is 2. The molecule has 2 aliphatic rings. The lowest BCUT2D eigenvalue weighted by Gasteiger charge is -2.39. The Balaban J connectivity index is 1.47. The van der Waals surface area contributed by atoms with Crippen molar-refractivity contribution in [1.82, 2.24) is 0 Å². The van der Waals surface area contributed by atoms with E-state index in [1.54, 1.807) is 0 Å². The highest BCUT2D eigenvalue weighted by molar-refractivity contribution is 5.65. The predicted octanol–water partition coefficient (Wildman–Crippen LogP) is 3.00. The third-order valence-corrected chi connectivity index (χ3v) is 7.69. The summed E-state index contributed by atoms with van der Waals surface area (Å²) in [5.74, 6) is -5.07. The number of phenols is 8. The van der Waals surface area contributed by atoms with E-state index in [-0.39, 0.29) is 51.7 Å². The normalized spacial score (nSPS) is 22.9. The topological polar surface area (TPSA) is 221 Å². The molecular weight excluding hydrogens is 552 g/mol. The quantitative estimate of drug-likeness (QED) is 0.159. The van der Waals surface area contributed by atoms with Gasteiger partial charge < -0.3 is 60.5 Å². The molecule has 0 saturated heterocycles. The Labute approximate surface area is 237 Å². The molecule has 4 aromatic carbocycles. The summed E-state index contributed by atoms with van der Waals surface area (Å²) in [4.78, 5) is 0. The highest BCUT2D eigenvalue weighted by Gasteiger charge is 2.45. The smallest absolute Gasteiger partial charge is 0.157 e. The van der Waals surface area contributed by atoms with Crippen molar-refractivity contribution in [3.05, 3.63) is 82.4 Å². The summed E-state index contributed by atoms with van der Waals surface area (Å²) in [5.41, 5.74) is 0.333. The van der Waals surface area contributed by atoms with Gasteiger partial charge in [-0.15, -0.1) is 0 Å². The highest BCUT2D eigenvalue weighted by Crippen LogP contribution is 2.56. The van der Waals surface area contributed by atoms with Gasteiger partial charge in [-0.25, -0.2) is 0 Å². The maximum atomic E-state index is 11.6. The molecule has 12 nitrogen and oxygen atoms in total. The molecular formula is C30H26O12. The Morgan fingerprint density at radius 3 is 1.74 bits per heavy atom. The van der Waals surface area contributed by atoms with Gasteiger partial charge in [0.05, 0.1) is 12.0 Å². The molecule has 5 atom stereocenters. The van der Waals surface area contributed by atoms with Crippen molar-refractivity contribution in [2.45, 2.75) is 36.8 Å². The molecule has 0 amide bonds. The number of ether oxygens (including phenoxy) is 2. The van der Waals surface area contributed by atoms with Crippen LogP contribution in [0, 0.1) is 0 Å². The lowest BCUT2D eigenvalue weighted by atomic mass is 9.77. The molecule has 2 heterocycles. The van der Waals surface area contributed by atoms with Crippen LogP contribution in [-0.2, 0) is 6.42 Å². The van der Waals surface area contributed by atoms with Crippen LogP contribution < -0.4 is 9.47 Å². The number of rotatable bonds is 3. The van der Waals surface area contributed by atoms with Gasteiger partial charge in [0.25, 0.3) is 0 Å². The van der Waals surface area contributed by atoms with Crippen molar-refractivity contribution < 1.29 is 60.5 Å². The lowest BCUT2D eigenvalue weighted by molar-refractivity contribution is 0.00573. The van der Waals surface area contributed by atoms with Crippen LogP contribution in [0.15, 0.2) is 54.6 Å². The zero-order valence-corrected chi connectivity index (χ0v) is 21.6. The van der Waals surface area contributed by atoms with Gasteiger partial charge in [0.15, 0.2) is 29.1 Å². The standard InChI is InChI=1S/C30H26O12/c31-13-7-19(36)24-23(8-13)42-30(12-2-4-16(33)18(35)6-12)28(40)26(24)25-20(37)10-22-14(27(25)39)9-21(38)29(41-22)11-1-3-15(32)17(34)5-11/h1-8,10,21,26,28-40H,9H2/t21-,26-,28-,29-,30-/m1/s1. The summed E-state index contributed by atoms with van der Waals surface area (Å²) < 4.78 is 11.8. The second-order valence-electron chi connectivity index (χ2n) is 10.3. The van der Waals surface area contributed by atoms with Crippen LogP contribution in [0.25, 0.3) is 0 Å². The second kappa shape index (κ2) is 9.72. The molecule has 218 valence electrons. The zero-order chi connectivity index (χ0) is 30.0. The first-order valence-corrected chi connectivity index (χ1v) is 12.8. The Bertz CT molecular complexity index is 1720. The molecule has 0 aromatic heterocycles. The Morgan fingerprint density at radius 2 is 1.12 bits per heavy atom. The first-order chi connectivity index (χ1) is 19.9. The zero-order valence-electron chi connectivity index (χ0n) is 21.6. The van der Waals surface area contributed by atoms with Gasteiger partial charge in [0.1, 0.15) is 46.7 Å². The molecule has 0 saturated carbocycles. The molecule has 2 aliphatic heterocycles. The maximum absolute atomic E-state index is 11.6. The van der Waals surface area contributed by atoms with E-state index in [1.807, 2.05) is 0 Å². The van der Waals surface area contributed by atoms with E-state index in [0.717, 1.165) is 12.1 Å². The molecule has 4 aromatic rings. The van der Waals surface area contributed by atoms with E-state index in [2.05, 4.69) is 0 Å². The third-order valence-electron chi connectivity index (χ3n) is 7.69. The van der Waals surface area contributed by atoms with Crippen LogP contribution in [0.5, 0.6) is 57.5 Å². The van der Waals surface area contributed by atoms with E-state index in [9.17, 15) is 51.1 Å².